The summed E-state index contributed by atoms with van der Waals surface area (Å²) in [6.07, 6.45) is -2.47. The maximum Gasteiger partial charge on any atom is 0.313 e. The van der Waals surface area contributed by atoms with E-state index in [2.05, 4.69) is 10.2 Å². The Bertz CT molecular complexity index is 603. The number of morpholine rings is 1. The standard InChI is InChI=1S/C17H23F2N3O3/c1-11-8-22(9-12(2)25-11)10-13-5-3-4-6-14(13)21-17(24)16(23)20-7-15(18)19/h3-6,11-12,15H,7-10H2,1-2H3,(H,20,23)(H,21,24)/t11-,12-/m1/s1. The molecule has 25 heavy (non-hydrogen) atoms. The maximum absolute atomic E-state index is 12.1. The number of nitrogens with one attached hydrogen (secondary N) is 2. The van der Waals surface area contributed by atoms with Crippen LogP contribution in [0.4, 0.5) is 14.5 Å². The molecule has 1 aliphatic rings. The van der Waals surface area contributed by atoms with E-state index in [9.17, 15) is 18.4 Å². The predicted molar refractivity (Wildman–Crippen MR) is 89.4 cm³/mol. The Hall–Kier alpha value is -2.06. The molecule has 1 saturated heterocycles. The number of alkyl halides is 2. The molecule has 8 heteroatoms. The van der Waals surface area contributed by atoms with E-state index in [4.69, 9.17) is 4.74 Å². The number of carbonyl (C=O) groups is 2. The van der Waals surface area contributed by atoms with E-state index >= 15 is 0 Å². The predicted octanol–water partition coefficient (Wildman–Crippen LogP) is 1.62. The quantitative estimate of drug-likeness (QED) is 0.788. The van der Waals surface area contributed by atoms with Crippen molar-refractivity contribution in [1.82, 2.24) is 10.2 Å². The summed E-state index contributed by atoms with van der Waals surface area (Å²) in [6, 6.07) is 7.12. The molecule has 0 unspecified atom stereocenters. The first-order valence-corrected chi connectivity index (χ1v) is 8.18. The van der Waals surface area contributed by atoms with E-state index in [1.165, 1.54) is 0 Å². The number of para-hydroxylation sites is 1. The molecular weight excluding hydrogens is 332 g/mol. The van der Waals surface area contributed by atoms with Gasteiger partial charge in [0.1, 0.15) is 0 Å². The van der Waals surface area contributed by atoms with Gasteiger partial charge in [-0.25, -0.2) is 8.78 Å². The molecule has 0 bridgehead atoms. The van der Waals surface area contributed by atoms with Crippen molar-refractivity contribution in [1.29, 1.82) is 0 Å². The summed E-state index contributed by atoms with van der Waals surface area (Å²) >= 11 is 0. The third-order valence-electron chi connectivity index (χ3n) is 3.78. The normalized spacial score (nSPS) is 21.2. The summed E-state index contributed by atoms with van der Waals surface area (Å²) in [5, 5.41) is 4.38. The highest BCUT2D eigenvalue weighted by Crippen LogP contribution is 2.20. The minimum Gasteiger partial charge on any atom is -0.373 e. The average Bonchev–Trinajstić information content (AvgIpc) is 2.53. The fraction of sp³-hybridized carbons (Fsp3) is 0.529. The fourth-order valence-corrected chi connectivity index (χ4v) is 2.86. The van der Waals surface area contributed by atoms with Crippen molar-refractivity contribution >= 4 is 17.5 Å². The van der Waals surface area contributed by atoms with E-state index in [0.717, 1.165) is 18.7 Å². The largest absolute Gasteiger partial charge is 0.373 e. The van der Waals surface area contributed by atoms with Crippen LogP contribution in [0.1, 0.15) is 19.4 Å². The van der Waals surface area contributed by atoms with Crippen molar-refractivity contribution in [3.05, 3.63) is 29.8 Å². The lowest BCUT2D eigenvalue weighted by Crippen LogP contribution is -2.45. The molecule has 2 amide bonds. The van der Waals surface area contributed by atoms with Crippen LogP contribution in [0.2, 0.25) is 0 Å². The molecule has 0 aliphatic carbocycles. The molecule has 0 radical (unpaired) electrons. The highest BCUT2D eigenvalue weighted by molar-refractivity contribution is 6.39. The number of ether oxygens (including phenoxy) is 1. The molecule has 0 spiro atoms. The molecule has 0 aromatic heterocycles. The van der Waals surface area contributed by atoms with Crippen molar-refractivity contribution in [2.45, 2.75) is 39.0 Å². The van der Waals surface area contributed by atoms with Crippen molar-refractivity contribution in [2.75, 3.05) is 25.0 Å². The number of benzene rings is 1. The number of halogens is 2. The maximum atomic E-state index is 12.1. The van der Waals surface area contributed by atoms with Crippen molar-refractivity contribution in [3.8, 4) is 0 Å². The summed E-state index contributed by atoms with van der Waals surface area (Å²) in [6.45, 7) is 5.28. The molecule has 1 fully saturated rings. The molecule has 138 valence electrons. The minimum absolute atomic E-state index is 0.116. The Morgan fingerprint density at radius 3 is 2.48 bits per heavy atom. The lowest BCUT2D eigenvalue weighted by molar-refractivity contribution is -0.136. The van der Waals surface area contributed by atoms with E-state index < -0.39 is 24.8 Å². The molecule has 2 atom stereocenters. The highest BCUT2D eigenvalue weighted by Gasteiger charge is 2.23. The van der Waals surface area contributed by atoms with E-state index in [1.807, 2.05) is 31.3 Å². The van der Waals surface area contributed by atoms with E-state index in [1.54, 1.807) is 12.1 Å². The zero-order valence-electron chi connectivity index (χ0n) is 14.3. The zero-order valence-corrected chi connectivity index (χ0v) is 14.3. The molecule has 2 rings (SSSR count). The van der Waals surface area contributed by atoms with Gasteiger partial charge in [-0.1, -0.05) is 18.2 Å². The van der Waals surface area contributed by atoms with Crippen LogP contribution in [-0.4, -0.2) is 55.0 Å². The van der Waals surface area contributed by atoms with Gasteiger partial charge in [-0.05, 0) is 25.5 Å². The van der Waals surface area contributed by atoms with Crippen molar-refractivity contribution < 1.29 is 23.1 Å². The smallest absolute Gasteiger partial charge is 0.313 e. The van der Waals surface area contributed by atoms with E-state index in [0.29, 0.717) is 12.2 Å². The van der Waals surface area contributed by atoms with Gasteiger partial charge >= 0.3 is 11.8 Å². The van der Waals surface area contributed by atoms with Crippen LogP contribution in [-0.2, 0) is 20.9 Å². The monoisotopic (exact) mass is 355 g/mol. The summed E-state index contributed by atoms with van der Waals surface area (Å²) < 4.78 is 29.9. The van der Waals surface area contributed by atoms with Crippen LogP contribution in [0, 0.1) is 0 Å². The van der Waals surface area contributed by atoms with Gasteiger partial charge in [0.25, 0.3) is 6.43 Å². The summed E-state index contributed by atoms with van der Waals surface area (Å²) in [5.41, 5.74) is 1.34. The molecule has 1 aromatic carbocycles. The molecule has 0 saturated carbocycles. The van der Waals surface area contributed by atoms with Crippen LogP contribution >= 0.6 is 0 Å². The van der Waals surface area contributed by atoms with Gasteiger partial charge in [0.2, 0.25) is 0 Å². The number of carbonyl (C=O) groups excluding carboxylic acids is 2. The molecule has 6 nitrogen and oxygen atoms in total. The first-order chi connectivity index (χ1) is 11.8. The number of hydrogen-bond acceptors (Lipinski definition) is 4. The molecule has 1 heterocycles. The van der Waals surface area contributed by atoms with Gasteiger partial charge in [0.05, 0.1) is 18.8 Å². The minimum atomic E-state index is -2.70. The lowest BCUT2D eigenvalue weighted by atomic mass is 10.1. The number of anilines is 1. The lowest BCUT2D eigenvalue weighted by Gasteiger charge is -2.35. The Labute approximate surface area is 145 Å². The van der Waals surface area contributed by atoms with Gasteiger partial charge in [0, 0.05) is 25.3 Å². The molecule has 1 aromatic rings. The SMILES string of the molecule is C[C@@H]1CN(Cc2ccccc2NC(=O)C(=O)NCC(F)F)C[C@@H](C)O1. The Balaban J connectivity index is 2.00. The van der Waals surface area contributed by atoms with Gasteiger partial charge in [-0.15, -0.1) is 0 Å². The first kappa shape index (κ1) is 19.3. The summed E-state index contributed by atoms with van der Waals surface area (Å²) in [4.78, 5) is 25.6. The van der Waals surface area contributed by atoms with Crippen LogP contribution in [0.3, 0.4) is 0 Å². The zero-order chi connectivity index (χ0) is 18.4. The summed E-state index contributed by atoms with van der Waals surface area (Å²) in [5.74, 6) is -2.04. The molecule has 1 aliphatic heterocycles. The average molecular weight is 355 g/mol. The third-order valence-corrected chi connectivity index (χ3v) is 3.78. The Morgan fingerprint density at radius 2 is 1.84 bits per heavy atom. The number of hydrogen-bond donors (Lipinski definition) is 2. The summed E-state index contributed by atoms with van der Waals surface area (Å²) in [7, 11) is 0. The highest BCUT2D eigenvalue weighted by atomic mass is 19.3. The third kappa shape index (κ3) is 6.06. The molecular formula is C17H23F2N3O3. The van der Waals surface area contributed by atoms with Crippen LogP contribution in [0.15, 0.2) is 24.3 Å². The van der Waals surface area contributed by atoms with Gasteiger partial charge < -0.3 is 15.4 Å². The van der Waals surface area contributed by atoms with Crippen molar-refractivity contribution in [2.24, 2.45) is 0 Å². The number of amides is 2. The van der Waals surface area contributed by atoms with Gasteiger partial charge in [-0.2, -0.15) is 0 Å². The second-order valence-electron chi connectivity index (χ2n) is 6.16. The van der Waals surface area contributed by atoms with Crippen LogP contribution < -0.4 is 10.6 Å². The number of rotatable bonds is 5. The topological polar surface area (TPSA) is 70.7 Å². The first-order valence-electron chi connectivity index (χ1n) is 8.18. The number of nitrogens with zero attached hydrogens (tertiary/aromatic N) is 1. The second-order valence-corrected chi connectivity index (χ2v) is 6.16. The van der Waals surface area contributed by atoms with Crippen molar-refractivity contribution in [3.63, 3.8) is 0 Å². The second kappa shape index (κ2) is 8.87. The molecule has 2 N–H and O–H groups in total. The fourth-order valence-electron chi connectivity index (χ4n) is 2.86. The van der Waals surface area contributed by atoms with Gasteiger partial charge in [0.15, 0.2) is 0 Å². The van der Waals surface area contributed by atoms with Gasteiger partial charge in [-0.3, -0.25) is 14.5 Å². The van der Waals surface area contributed by atoms with E-state index in [-0.39, 0.29) is 12.2 Å². The van der Waals surface area contributed by atoms with Crippen LogP contribution in [0.5, 0.6) is 0 Å². The van der Waals surface area contributed by atoms with Crippen LogP contribution in [0.25, 0.3) is 0 Å². The Morgan fingerprint density at radius 1 is 1.20 bits per heavy atom. The Kier molecular flexibility index (Phi) is 6.83.